The van der Waals surface area contributed by atoms with E-state index >= 15 is 0 Å². The Hall–Kier alpha value is -0.0700. The smallest absolute Gasteiger partial charge is 0.252 e. The number of carbonyl (C=O) groups is 1. The van der Waals surface area contributed by atoms with Crippen LogP contribution in [-0.4, -0.2) is 62.8 Å². The number of hydrogen-bond donors (Lipinski definition) is 2. The van der Waals surface area contributed by atoms with Gasteiger partial charge in [0.1, 0.15) is 5.60 Å². The largest absolute Gasteiger partial charge is 0.368 e. The molecule has 1 saturated carbocycles. The Morgan fingerprint density at radius 3 is 2.45 bits per heavy atom. The molecule has 0 atom stereocenters. The SMILES string of the molecule is COC1(C(=O)NCCN(C)C2CC2)CCNCC1.Cl.Cl. The van der Waals surface area contributed by atoms with Crippen LogP contribution < -0.4 is 10.6 Å². The number of amides is 1. The van der Waals surface area contributed by atoms with Crippen molar-refractivity contribution in [2.75, 3.05) is 40.3 Å². The molecule has 1 heterocycles. The highest BCUT2D eigenvalue weighted by molar-refractivity contribution is 5.86. The van der Waals surface area contributed by atoms with Gasteiger partial charge < -0.3 is 20.3 Å². The monoisotopic (exact) mass is 327 g/mol. The highest BCUT2D eigenvalue weighted by atomic mass is 35.5. The van der Waals surface area contributed by atoms with E-state index < -0.39 is 5.60 Å². The minimum absolute atomic E-state index is 0. The second-order valence-electron chi connectivity index (χ2n) is 5.42. The topological polar surface area (TPSA) is 53.6 Å². The Kier molecular flexibility index (Phi) is 9.02. The van der Waals surface area contributed by atoms with Crippen molar-refractivity contribution in [1.82, 2.24) is 15.5 Å². The number of carbonyl (C=O) groups excluding carboxylic acids is 1. The van der Waals surface area contributed by atoms with E-state index in [0.29, 0.717) is 6.54 Å². The molecule has 120 valence electrons. The first-order valence-electron chi connectivity index (χ1n) is 6.92. The minimum atomic E-state index is -0.608. The van der Waals surface area contributed by atoms with Gasteiger partial charge >= 0.3 is 0 Å². The highest BCUT2D eigenvalue weighted by Crippen LogP contribution is 2.25. The summed E-state index contributed by atoms with van der Waals surface area (Å²) in [6.07, 6.45) is 4.12. The fourth-order valence-corrected chi connectivity index (χ4v) is 2.56. The molecule has 2 N–H and O–H groups in total. The number of hydrogen-bond acceptors (Lipinski definition) is 4. The van der Waals surface area contributed by atoms with E-state index in [1.54, 1.807) is 7.11 Å². The van der Waals surface area contributed by atoms with Crippen molar-refractivity contribution >= 4 is 30.7 Å². The van der Waals surface area contributed by atoms with Crippen molar-refractivity contribution in [3.63, 3.8) is 0 Å². The molecule has 7 heteroatoms. The van der Waals surface area contributed by atoms with Gasteiger partial charge in [-0.15, -0.1) is 24.8 Å². The first-order chi connectivity index (χ1) is 8.68. The van der Waals surface area contributed by atoms with Crippen LogP contribution in [0.25, 0.3) is 0 Å². The lowest BCUT2D eigenvalue weighted by Crippen LogP contribution is -2.54. The molecule has 1 aliphatic heterocycles. The lowest BCUT2D eigenvalue weighted by atomic mass is 9.91. The van der Waals surface area contributed by atoms with Gasteiger partial charge in [-0.05, 0) is 45.8 Å². The Morgan fingerprint density at radius 1 is 1.35 bits per heavy atom. The van der Waals surface area contributed by atoms with Gasteiger partial charge in [-0.25, -0.2) is 0 Å². The maximum absolute atomic E-state index is 12.2. The van der Waals surface area contributed by atoms with Crippen LogP contribution in [0, 0.1) is 0 Å². The van der Waals surface area contributed by atoms with Crippen LogP contribution in [-0.2, 0) is 9.53 Å². The lowest BCUT2D eigenvalue weighted by Gasteiger charge is -2.35. The Balaban J connectivity index is 0.00000180. The second kappa shape index (κ2) is 9.05. The molecule has 20 heavy (non-hydrogen) atoms. The predicted molar refractivity (Wildman–Crippen MR) is 85.0 cm³/mol. The molecule has 0 bridgehead atoms. The molecular formula is C13H27Cl2N3O2. The maximum atomic E-state index is 12.2. The van der Waals surface area contributed by atoms with Crippen molar-refractivity contribution in [3.05, 3.63) is 0 Å². The van der Waals surface area contributed by atoms with Crippen LogP contribution in [0.5, 0.6) is 0 Å². The van der Waals surface area contributed by atoms with Gasteiger partial charge in [0, 0.05) is 26.2 Å². The first-order valence-corrected chi connectivity index (χ1v) is 6.92. The van der Waals surface area contributed by atoms with Gasteiger partial charge in [0.2, 0.25) is 0 Å². The van der Waals surface area contributed by atoms with E-state index in [0.717, 1.165) is 38.5 Å². The van der Waals surface area contributed by atoms with Gasteiger partial charge in [0.25, 0.3) is 5.91 Å². The van der Waals surface area contributed by atoms with E-state index in [1.807, 2.05) is 0 Å². The summed E-state index contributed by atoms with van der Waals surface area (Å²) in [6.45, 7) is 3.34. The van der Waals surface area contributed by atoms with E-state index in [2.05, 4.69) is 22.6 Å². The summed E-state index contributed by atoms with van der Waals surface area (Å²) in [7, 11) is 3.77. The van der Waals surface area contributed by atoms with Crippen LogP contribution in [0.3, 0.4) is 0 Å². The maximum Gasteiger partial charge on any atom is 0.252 e. The van der Waals surface area contributed by atoms with Crippen molar-refractivity contribution in [3.8, 4) is 0 Å². The zero-order valence-electron chi connectivity index (χ0n) is 12.3. The number of ether oxygens (including phenoxy) is 1. The number of nitrogens with zero attached hydrogens (tertiary/aromatic N) is 1. The summed E-state index contributed by atoms with van der Waals surface area (Å²) < 4.78 is 5.49. The van der Waals surface area contributed by atoms with Crippen molar-refractivity contribution < 1.29 is 9.53 Å². The molecule has 1 saturated heterocycles. The standard InChI is InChI=1S/C13H25N3O2.2ClH/c1-16(11-3-4-11)10-9-15-12(17)13(18-2)5-7-14-8-6-13;;/h11,14H,3-10H2,1-2H3,(H,15,17);2*1H. The summed E-state index contributed by atoms with van der Waals surface area (Å²) in [6, 6.07) is 0.747. The van der Waals surface area contributed by atoms with Crippen LogP contribution >= 0.6 is 24.8 Å². The lowest BCUT2D eigenvalue weighted by molar-refractivity contribution is -0.146. The fraction of sp³-hybridized carbons (Fsp3) is 0.923. The van der Waals surface area contributed by atoms with E-state index in [9.17, 15) is 4.79 Å². The van der Waals surface area contributed by atoms with Crippen LogP contribution in [0.2, 0.25) is 0 Å². The molecule has 5 nitrogen and oxygen atoms in total. The zero-order chi connectivity index (χ0) is 13.0. The van der Waals surface area contributed by atoms with E-state index in [1.165, 1.54) is 12.8 Å². The first kappa shape index (κ1) is 19.9. The van der Waals surface area contributed by atoms with Gasteiger partial charge in [-0.1, -0.05) is 0 Å². The molecule has 2 aliphatic rings. The van der Waals surface area contributed by atoms with Gasteiger partial charge in [-0.3, -0.25) is 4.79 Å². The van der Waals surface area contributed by atoms with Crippen molar-refractivity contribution in [1.29, 1.82) is 0 Å². The summed E-state index contributed by atoms with van der Waals surface area (Å²) in [4.78, 5) is 14.6. The number of nitrogens with one attached hydrogen (secondary N) is 2. The van der Waals surface area contributed by atoms with Crippen molar-refractivity contribution in [2.24, 2.45) is 0 Å². The van der Waals surface area contributed by atoms with Crippen LogP contribution in [0.15, 0.2) is 0 Å². The number of rotatable bonds is 6. The molecule has 2 rings (SSSR count). The third-order valence-electron chi connectivity index (χ3n) is 4.14. The number of likely N-dealkylation sites (N-methyl/N-ethyl adjacent to an activating group) is 1. The van der Waals surface area contributed by atoms with Crippen LogP contribution in [0.1, 0.15) is 25.7 Å². The number of methoxy groups -OCH3 is 1. The van der Waals surface area contributed by atoms with E-state index in [4.69, 9.17) is 4.74 Å². The molecule has 2 fully saturated rings. The predicted octanol–water partition coefficient (Wildman–Crippen LogP) is 0.809. The average Bonchev–Trinajstić information content (AvgIpc) is 3.23. The van der Waals surface area contributed by atoms with E-state index in [-0.39, 0.29) is 30.7 Å². The number of halogens is 2. The third kappa shape index (κ3) is 5.04. The second-order valence-corrected chi connectivity index (χ2v) is 5.42. The molecular weight excluding hydrogens is 301 g/mol. The van der Waals surface area contributed by atoms with Gasteiger partial charge in [0.15, 0.2) is 0 Å². The Morgan fingerprint density at radius 2 is 1.95 bits per heavy atom. The highest BCUT2D eigenvalue weighted by Gasteiger charge is 2.39. The molecule has 0 aromatic rings. The zero-order valence-corrected chi connectivity index (χ0v) is 13.9. The number of piperidine rings is 1. The minimum Gasteiger partial charge on any atom is -0.368 e. The summed E-state index contributed by atoms with van der Waals surface area (Å²) >= 11 is 0. The molecule has 0 aromatic carbocycles. The molecule has 1 amide bonds. The summed E-state index contributed by atoms with van der Waals surface area (Å²) in [5.74, 6) is 0.0516. The molecule has 1 aliphatic carbocycles. The summed E-state index contributed by atoms with van der Waals surface area (Å²) in [5, 5.41) is 6.28. The van der Waals surface area contributed by atoms with Gasteiger partial charge in [-0.2, -0.15) is 0 Å². The van der Waals surface area contributed by atoms with Crippen molar-refractivity contribution in [2.45, 2.75) is 37.3 Å². The quantitative estimate of drug-likeness (QED) is 0.758. The Labute approximate surface area is 134 Å². The Bertz CT molecular complexity index is 295. The normalized spacial score (nSPS) is 20.8. The fourth-order valence-electron chi connectivity index (χ4n) is 2.56. The molecule has 0 aromatic heterocycles. The van der Waals surface area contributed by atoms with Crippen LogP contribution in [0.4, 0.5) is 0 Å². The average molecular weight is 328 g/mol. The molecule has 0 spiro atoms. The molecule has 0 unspecified atom stereocenters. The molecule has 0 radical (unpaired) electrons. The van der Waals surface area contributed by atoms with Gasteiger partial charge in [0.05, 0.1) is 0 Å². The summed E-state index contributed by atoms with van der Waals surface area (Å²) in [5.41, 5.74) is -0.608. The third-order valence-corrected chi connectivity index (χ3v) is 4.14.